The SMILES string of the molecule is NCC(O)(O)CO. The summed E-state index contributed by atoms with van der Waals surface area (Å²) in [7, 11) is 0. The van der Waals surface area contributed by atoms with Crippen molar-refractivity contribution in [3.63, 3.8) is 0 Å². The summed E-state index contributed by atoms with van der Waals surface area (Å²) in [6, 6.07) is 0. The minimum absolute atomic E-state index is 0.344. The molecule has 0 spiro atoms. The molecule has 0 aromatic rings. The van der Waals surface area contributed by atoms with Gasteiger partial charge in [0.05, 0.1) is 6.61 Å². The van der Waals surface area contributed by atoms with Crippen molar-refractivity contribution < 1.29 is 15.3 Å². The lowest BCUT2D eigenvalue weighted by Gasteiger charge is -2.14. The summed E-state index contributed by atoms with van der Waals surface area (Å²) in [5, 5.41) is 24.6. The van der Waals surface area contributed by atoms with Crippen molar-refractivity contribution in [3.8, 4) is 0 Å². The van der Waals surface area contributed by atoms with Gasteiger partial charge in [-0.05, 0) is 0 Å². The first-order chi connectivity index (χ1) is 3.12. The van der Waals surface area contributed by atoms with Crippen LogP contribution in [0.2, 0.25) is 0 Å². The van der Waals surface area contributed by atoms with Gasteiger partial charge in [0.2, 0.25) is 0 Å². The maximum absolute atomic E-state index is 8.31. The Hall–Kier alpha value is -0.160. The third-order valence-electron chi connectivity index (χ3n) is 0.580. The quantitative estimate of drug-likeness (QED) is 0.297. The summed E-state index contributed by atoms with van der Waals surface area (Å²) in [6.07, 6.45) is 0. The van der Waals surface area contributed by atoms with Crippen molar-refractivity contribution >= 4 is 0 Å². The van der Waals surface area contributed by atoms with Crippen LogP contribution in [0.3, 0.4) is 0 Å². The highest BCUT2D eigenvalue weighted by molar-refractivity contribution is 4.60. The topological polar surface area (TPSA) is 86.7 Å². The fourth-order valence-corrected chi connectivity index (χ4v) is 0.0645. The molecule has 0 unspecified atom stereocenters. The first-order valence-electron chi connectivity index (χ1n) is 1.88. The fraction of sp³-hybridized carbons (Fsp3) is 1.00. The molecule has 0 aromatic heterocycles. The molecule has 5 N–H and O–H groups in total. The fourth-order valence-electron chi connectivity index (χ4n) is 0.0645. The molecule has 0 saturated carbocycles. The zero-order valence-corrected chi connectivity index (χ0v) is 3.83. The predicted molar refractivity (Wildman–Crippen MR) is 23.3 cm³/mol. The first kappa shape index (κ1) is 6.84. The number of nitrogens with two attached hydrogens (primary N) is 1. The Morgan fingerprint density at radius 2 is 1.86 bits per heavy atom. The molecule has 44 valence electrons. The van der Waals surface area contributed by atoms with Gasteiger partial charge in [0.1, 0.15) is 0 Å². The van der Waals surface area contributed by atoms with E-state index in [1.54, 1.807) is 0 Å². The highest BCUT2D eigenvalue weighted by atomic mass is 16.5. The standard InChI is InChI=1S/C3H9NO3/c4-1-3(6,7)2-5/h5-7H,1-2,4H2. The molecular formula is C3H9NO3. The number of hydrogen-bond acceptors (Lipinski definition) is 4. The van der Waals surface area contributed by atoms with Crippen LogP contribution in [0.4, 0.5) is 0 Å². The van der Waals surface area contributed by atoms with Crippen LogP contribution < -0.4 is 5.73 Å². The molecule has 0 aromatic carbocycles. The Morgan fingerprint density at radius 1 is 1.43 bits per heavy atom. The van der Waals surface area contributed by atoms with Crippen LogP contribution in [0.15, 0.2) is 0 Å². The molecule has 0 bridgehead atoms. The molecule has 0 aliphatic rings. The maximum atomic E-state index is 8.31. The monoisotopic (exact) mass is 107 g/mol. The largest absolute Gasteiger partial charge is 0.391 e. The van der Waals surface area contributed by atoms with Gasteiger partial charge in [0, 0.05) is 6.54 Å². The van der Waals surface area contributed by atoms with Gasteiger partial charge in [-0.1, -0.05) is 0 Å². The van der Waals surface area contributed by atoms with E-state index in [9.17, 15) is 0 Å². The minimum Gasteiger partial charge on any atom is -0.391 e. The molecule has 0 fully saturated rings. The lowest BCUT2D eigenvalue weighted by molar-refractivity contribution is -0.177. The van der Waals surface area contributed by atoms with Gasteiger partial charge in [-0.25, -0.2) is 0 Å². The minimum atomic E-state index is -2.08. The average Bonchev–Trinajstić information content (AvgIpc) is 1.68. The molecular weight excluding hydrogens is 98.0 g/mol. The van der Waals surface area contributed by atoms with Crippen LogP contribution in [0.25, 0.3) is 0 Å². The van der Waals surface area contributed by atoms with Crippen LogP contribution in [-0.4, -0.2) is 34.3 Å². The molecule has 4 heteroatoms. The molecule has 0 amide bonds. The van der Waals surface area contributed by atoms with E-state index in [-0.39, 0.29) is 6.54 Å². The molecule has 0 aliphatic heterocycles. The first-order valence-corrected chi connectivity index (χ1v) is 1.88. The van der Waals surface area contributed by atoms with Gasteiger partial charge in [0.15, 0.2) is 5.79 Å². The summed E-state index contributed by atoms with van der Waals surface area (Å²) < 4.78 is 0. The van der Waals surface area contributed by atoms with E-state index in [1.165, 1.54) is 0 Å². The van der Waals surface area contributed by atoms with Crippen molar-refractivity contribution in [1.82, 2.24) is 0 Å². The summed E-state index contributed by atoms with van der Waals surface area (Å²) in [6.45, 7) is -1.06. The molecule has 4 nitrogen and oxygen atoms in total. The molecule has 7 heavy (non-hydrogen) atoms. The highest BCUT2D eigenvalue weighted by Gasteiger charge is 2.17. The van der Waals surface area contributed by atoms with Crippen LogP contribution in [0.1, 0.15) is 0 Å². The molecule has 0 rings (SSSR count). The third kappa shape index (κ3) is 2.52. The van der Waals surface area contributed by atoms with E-state index in [2.05, 4.69) is 0 Å². The number of rotatable bonds is 2. The van der Waals surface area contributed by atoms with E-state index in [1.807, 2.05) is 0 Å². The normalized spacial score (nSPS) is 12.0. The highest BCUT2D eigenvalue weighted by Crippen LogP contribution is 1.90. The Morgan fingerprint density at radius 3 is 1.86 bits per heavy atom. The molecule has 0 atom stereocenters. The predicted octanol–water partition coefficient (Wildman–Crippen LogP) is -2.38. The van der Waals surface area contributed by atoms with E-state index in [0.717, 1.165) is 0 Å². The number of aliphatic hydroxyl groups is 3. The smallest absolute Gasteiger partial charge is 0.199 e. The Bertz CT molecular complexity index is 48.1. The van der Waals surface area contributed by atoms with E-state index < -0.39 is 12.4 Å². The maximum Gasteiger partial charge on any atom is 0.199 e. The summed E-state index contributed by atoms with van der Waals surface area (Å²) in [5.74, 6) is -2.08. The zero-order valence-electron chi connectivity index (χ0n) is 3.83. The van der Waals surface area contributed by atoms with Gasteiger partial charge in [-0.3, -0.25) is 0 Å². The molecule has 0 radical (unpaired) electrons. The van der Waals surface area contributed by atoms with Gasteiger partial charge >= 0.3 is 0 Å². The molecule has 0 saturated heterocycles. The van der Waals surface area contributed by atoms with Crippen LogP contribution >= 0.6 is 0 Å². The summed E-state index contributed by atoms with van der Waals surface area (Å²) in [4.78, 5) is 0. The Kier molecular flexibility index (Phi) is 2.17. The van der Waals surface area contributed by atoms with Crippen molar-refractivity contribution in [2.75, 3.05) is 13.2 Å². The number of aliphatic hydroxyl groups excluding tert-OH is 1. The van der Waals surface area contributed by atoms with Crippen molar-refractivity contribution in [2.24, 2.45) is 5.73 Å². The third-order valence-corrected chi connectivity index (χ3v) is 0.580. The average molecular weight is 107 g/mol. The Balaban J connectivity index is 3.36. The molecule has 0 aliphatic carbocycles. The van der Waals surface area contributed by atoms with Crippen LogP contribution in [0, 0.1) is 0 Å². The van der Waals surface area contributed by atoms with E-state index in [0.29, 0.717) is 0 Å². The van der Waals surface area contributed by atoms with Crippen LogP contribution in [-0.2, 0) is 0 Å². The zero-order chi connectivity index (χ0) is 5.91. The van der Waals surface area contributed by atoms with Gasteiger partial charge in [-0.15, -0.1) is 0 Å². The summed E-state index contributed by atoms with van der Waals surface area (Å²) in [5.41, 5.74) is 4.76. The van der Waals surface area contributed by atoms with Crippen LogP contribution in [0.5, 0.6) is 0 Å². The van der Waals surface area contributed by atoms with E-state index in [4.69, 9.17) is 21.1 Å². The van der Waals surface area contributed by atoms with Gasteiger partial charge in [0.25, 0.3) is 0 Å². The molecule has 0 heterocycles. The lowest BCUT2D eigenvalue weighted by Crippen LogP contribution is -2.40. The van der Waals surface area contributed by atoms with Crippen molar-refractivity contribution in [1.29, 1.82) is 0 Å². The van der Waals surface area contributed by atoms with Gasteiger partial charge < -0.3 is 21.1 Å². The van der Waals surface area contributed by atoms with E-state index >= 15 is 0 Å². The van der Waals surface area contributed by atoms with Crippen molar-refractivity contribution in [3.05, 3.63) is 0 Å². The number of hydrogen-bond donors (Lipinski definition) is 4. The van der Waals surface area contributed by atoms with Crippen molar-refractivity contribution in [2.45, 2.75) is 5.79 Å². The van der Waals surface area contributed by atoms with Gasteiger partial charge in [-0.2, -0.15) is 0 Å². The summed E-state index contributed by atoms with van der Waals surface area (Å²) >= 11 is 0. The Labute approximate surface area is 41.2 Å². The second kappa shape index (κ2) is 2.23. The second-order valence-corrected chi connectivity index (χ2v) is 1.34. The lowest BCUT2D eigenvalue weighted by atomic mass is 10.3. The second-order valence-electron chi connectivity index (χ2n) is 1.34.